The Balaban J connectivity index is 2.79. The normalized spacial score (nSPS) is 14.1. The molecule has 17 heavy (non-hydrogen) atoms. The van der Waals surface area contributed by atoms with Gasteiger partial charge in [0.2, 0.25) is 0 Å². The number of carboxylic acids is 1. The summed E-state index contributed by atoms with van der Waals surface area (Å²) < 4.78 is 29.7. The van der Waals surface area contributed by atoms with Crippen molar-refractivity contribution in [3.8, 4) is 5.75 Å². The van der Waals surface area contributed by atoms with E-state index in [1.165, 1.54) is 26.2 Å². The molecule has 0 aliphatic heterocycles. The van der Waals surface area contributed by atoms with Gasteiger partial charge in [0.1, 0.15) is 5.25 Å². The number of rotatable bonds is 5. The first-order chi connectivity index (χ1) is 7.95. The topological polar surface area (TPSA) is 63.6 Å². The first kappa shape index (κ1) is 13.6. The molecule has 94 valence electrons. The zero-order chi connectivity index (χ0) is 13.0. The van der Waals surface area contributed by atoms with Crippen LogP contribution in [0.2, 0.25) is 0 Å². The Bertz CT molecular complexity index is 447. The van der Waals surface area contributed by atoms with E-state index in [9.17, 15) is 13.4 Å². The van der Waals surface area contributed by atoms with Crippen molar-refractivity contribution in [1.29, 1.82) is 0 Å². The lowest BCUT2D eigenvalue weighted by Gasteiger charge is -2.08. The van der Waals surface area contributed by atoms with Crippen LogP contribution >= 0.6 is 0 Å². The molecule has 0 spiro atoms. The van der Waals surface area contributed by atoms with Crippen molar-refractivity contribution in [3.63, 3.8) is 0 Å². The number of hydrogen-bond donors (Lipinski definition) is 1. The predicted molar refractivity (Wildman–Crippen MR) is 61.9 cm³/mol. The average molecular weight is 260 g/mol. The largest absolute Gasteiger partial charge is 0.494 e. The first-order valence-electron chi connectivity index (χ1n) is 4.88. The van der Waals surface area contributed by atoms with Gasteiger partial charge in [-0.3, -0.25) is 9.00 Å². The van der Waals surface area contributed by atoms with E-state index < -0.39 is 27.8 Å². The molecule has 1 rings (SSSR count). The number of carboxylic acid groups (broad SMARTS) is 1. The lowest BCUT2D eigenvalue weighted by atomic mass is 10.2. The molecule has 0 heterocycles. The van der Waals surface area contributed by atoms with E-state index in [-0.39, 0.29) is 11.5 Å². The van der Waals surface area contributed by atoms with Crippen LogP contribution in [0.4, 0.5) is 4.39 Å². The lowest BCUT2D eigenvalue weighted by Crippen LogP contribution is -2.22. The maximum Gasteiger partial charge on any atom is 0.318 e. The Hall–Kier alpha value is -1.43. The highest BCUT2D eigenvalue weighted by atomic mass is 32.2. The fraction of sp³-hybridized carbons (Fsp3) is 0.364. The summed E-state index contributed by atoms with van der Waals surface area (Å²) in [5.41, 5.74) is 0.481. The lowest BCUT2D eigenvalue weighted by molar-refractivity contribution is -0.136. The molecular formula is C11H13FO4S. The third-order valence-corrected chi connectivity index (χ3v) is 3.88. The van der Waals surface area contributed by atoms with E-state index in [1.807, 2.05) is 0 Å². The van der Waals surface area contributed by atoms with Gasteiger partial charge in [0.05, 0.1) is 7.11 Å². The number of aliphatic carboxylic acids is 1. The SMILES string of the molecule is COc1ccc(CS(=O)C(C)C(=O)O)cc1F. The minimum absolute atomic E-state index is 0.00831. The van der Waals surface area contributed by atoms with Crippen LogP contribution in [0.3, 0.4) is 0 Å². The van der Waals surface area contributed by atoms with Crippen LogP contribution in [0.15, 0.2) is 18.2 Å². The molecule has 0 saturated heterocycles. The summed E-state index contributed by atoms with van der Waals surface area (Å²) in [6.45, 7) is 1.36. The van der Waals surface area contributed by atoms with Gasteiger partial charge in [0.15, 0.2) is 11.6 Å². The van der Waals surface area contributed by atoms with Crippen molar-refractivity contribution < 1.29 is 23.2 Å². The van der Waals surface area contributed by atoms with Gasteiger partial charge < -0.3 is 9.84 Å². The Morgan fingerprint density at radius 2 is 2.24 bits per heavy atom. The maximum atomic E-state index is 13.3. The zero-order valence-electron chi connectivity index (χ0n) is 9.47. The molecule has 0 aromatic heterocycles. The van der Waals surface area contributed by atoms with Gasteiger partial charge in [-0.15, -0.1) is 0 Å². The molecule has 0 fully saturated rings. The second kappa shape index (κ2) is 5.77. The molecule has 1 N–H and O–H groups in total. The fourth-order valence-electron chi connectivity index (χ4n) is 1.20. The van der Waals surface area contributed by atoms with E-state index in [4.69, 9.17) is 9.84 Å². The van der Waals surface area contributed by atoms with Gasteiger partial charge >= 0.3 is 5.97 Å². The zero-order valence-corrected chi connectivity index (χ0v) is 10.3. The van der Waals surface area contributed by atoms with Gasteiger partial charge in [0, 0.05) is 16.6 Å². The number of benzene rings is 1. The molecule has 1 aromatic carbocycles. The summed E-state index contributed by atoms with van der Waals surface area (Å²) in [5, 5.41) is 7.71. The van der Waals surface area contributed by atoms with E-state index in [0.29, 0.717) is 5.56 Å². The van der Waals surface area contributed by atoms with Crippen LogP contribution in [0.25, 0.3) is 0 Å². The van der Waals surface area contributed by atoms with E-state index in [0.717, 1.165) is 0 Å². The highest BCUT2D eigenvalue weighted by molar-refractivity contribution is 7.85. The number of hydrogen-bond acceptors (Lipinski definition) is 3. The molecular weight excluding hydrogens is 247 g/mol. The molecule has 1 aromatic rings. The minimum atomic E-state index is -1.57. The minimum Gasteiger partial charge on any atom is -0.494 e. The van der Waals surface area contributed by atoms with Gasteiger partial charge in [-0.2, -0.15) is 0 Å². The van der Waals surface area contributed by atoms with Crippen molar-refractivity contribution in [2.45, 2.75) is 17.9 Å². The first-order valence-corrected chi connectivity index (χ1v) is 6.26. The second-order valence-electron chi connectivity index (χ2n) is 3.47. The van der Waals surface area contributed by atoms with Crippen molar-refractivity contribution in [1.82, 2.24) is 0 Å². The molecule has 2 unspecified atom stereocenters. The standard InChI is InChI=1S/C11H13FO4S/c1-7(11(13)14)17(15)6-8-3-4-10(16-2)9(12)5-8/h3-5,7H,6H2,1-2H3,(H,13,14). The number of halogens is 1. The molecule has 0 bridgehead atoms. The van der Waals surface area contributed by atoms with Crippen molar-refractivity contribution in [2.75, 3.05) is 7.11 Å². The van der Waals surface area contributed by atoms with Crippen molar-refractivity contribution in [3.05, 3.63) is 29.6 Å². The highest BCUT2D eigenvalue weighted by Gasteiger charge is 2.19. The Labute approximate surface area is 101 Å². The number of methoxy groups -OCH3 is 1. The molecule has 0 aliphatic rings. The molecule has 0 radical (unpaired) electrons. The molecule has 2 atom stereocenters. The summed E-state index contributed by atoms with van der Waals surface area (Å²) in [7, 11) is -0.220. The fourth-order valence-corrected chi connectivity index (χ4v) is 2.18. The molecule has 0 amide bonds. The van der Waals surface area contributed by atoms with Crippen LogP contribution in [-0.4, -0.2) is 27.6 Å². The van der Waals surface area contributed by atoms with Crippen LogP contribution in [0.5, 0.6) is 5.75 Å². The Kier molecular flexibility index (Phi) is 4.62. The van der Waals surface area contributed by atoms with E-state index in [2.05, 4.69) is 0 Å². The van der Waals surface area contributed by atoms with Gasteiger partial charge in [-0.1, -0.05) is 6.07 Å². The molecule has 6 heteroatoms. The average Bonchev–Trinajstić information content (AvgIpc) is 2.28. The molecule has 4 nitrogen and oxygen atoms in total. The highest BCUT2D eigenvalue weighted by Crippen LogP contribution is 2.19. The van der Waals surface area contributed by atoms with Gasteiger partial charge in [0.25, 0.3) is 0 Å². The van der Waals surface area contributed by atoms with Crippen LogP contribution < -0.4 is 4.74 Å². The maximum absolute atomic E-state index is 13.3. The summed E-state index contributed by atoms with van der Waals surface area (Å²) in [4.78, 5) is 10.6. The number of carbonyl (C=O) groups is 1. The van der Waals surface area contributed by atoms with Crippen LogP contribution in [0, 0.1) is 5.82 Å². The second-order valence-corrected chi connectivity index (χ2v) is 5.23. The van der Waals surface area contributed by atoms with E-state index >= 15 is 0 Å². The number of ether oxygens (including phenoxy) is 1. The van der Waals surface area contributed by atoms with Gasteiger partial charge in [-0.25, -0.2) is 4.39 Å². The molecule has 0 aliphatic carbocycles. The third kappa shape index (κ3) is 3.52. The molecule has 0 saturated carbocycles. The quantitative estimate of drug-likeness (QED) is 0.872. The summed E-state index contributed by atoms with van der Waals surface area (Å²) in [6.07, 6.45) is 0. The third-order valence-electron chi connectivity index (χ3n) is 2.27. The summed E-state index contributed by atoms with van der Waals surface area (Å²) in [5.74, 6) is -1.57. The van der Waals surface area contributed by atoms with Crippen molar-refractivity contribution in [2.24, 2.45) is 0 Å². The predicted octanol–water partition coefficient (Wildman–Crippen LogP) is 1.56. The van der Waals surface area contributed by atoms with E-state index in [1.54, 1.807) is 6.07 Å². The summed E-state index contributed by atoms with van der Waals surface area (Å²) >= 11 is 0. The monoisotopic (exact) mass is 260 g/mol. The summed E-state index contributed by atoms with van der Waals surface area (Å²) in [6, 6.07) is 4.19. The van der Waals surface area contributed by atoms with Gasteiger partial charge in [-0.05, 0) is 24.6 Å². The smallest absolute Gasteiger partial charge is 0.318 e. The van der Waals surface area contributed by atoms with Crippen LogP contribution in [-0.2, 0) is 21.3 Å². The Morgan fingerprint density at radius 3 is 2.71 bits per heavy atom. The van der Waals surface area contributed by atoms with Crippen LogP contribution in [0.1, 0.15) is 12.5 Å². The Morgan fingerprint density at radius 1 is 1.59 bits per heavy atom. The van der Waals surface area contributed by atoms with Crippen molar-refractivity contribution >= 4 is 16.8 Å².